The molecule has 2 aromatic carbocycles. The van der Waals surface area contributed by atoms with Gasteiger partial charge in [-0.1, -0.05) is 41.4 Å². The van der Waals surface area contributed by atoms with Crippen LogP contribution in [-0.2, 0) is 0 Å². The Morgan fingerprint density at radius 2 is 1.61 bits per heavy atom. The number of carbonyl (C=O) groups excluding carboxylic acids is 1. The molecule has 0 aliphatic rings. The average molecular weight is 346 g/mol. The predicted molar refractivity (Wildman–Crippen MR) is 87.8 cm³/mol. The molecular formula is C17H9Cl2NO3. The summed E-state index contributed by atoms with van der Waals surface area (Å²) in [5.41, 5.74) is 0.540. The third-order valence-electron chi connectivity index (χ3n) is 3.02. The molecular weight excluding hydrogens is 337 g/mol. The molecule has 0 fully saturated rings. The first-order valence-electron chi connectivity index (χ1n) is 6.38. The number of carboxylic acids is 1. The van der Waals surface area contributed by atoms with Gasteiger partial charge in [0.2, 0.25) is 5.78 Å². The number of nitrogens with zero attached hydrogens (tertiary/aromatic N) is 1. The van der Waals surface area contributed by atoms with Crippen LogP contribution in [0, 0.1) is 11.3 Å². The smallest absolute Gasteiger partial charge is 0.335 e. The molecule has 0 aliphatic heterocycles. The number of carboxylic acid groups (broad SMARTS) is 1. The summed E-state index contributed by atoms with van der Waals surface area (Å²) in [7, 11) is 0. The monoisotopic (exact) mass is 345 g/mol. The maximum atomic E-state index is 12.4. The van der Waals surface area contributed by atoms with Crippen molar-refractivity contribution in [1.29, 1.82) is 5.26 Å². The van der Waals surface area contributed by atoms with Crippen LogP contribution in [0.5, 0.6) is 0 Å². The number of ketones is 1. The van der Waals surface area contributed by atoms with Gasteiger partial charge in [0.25, 0.3) is 0 Å². The standard InChI is InChI=1S/C17H9Cl2NO3/c18-13-2-1-3-14(19)15(13)16(21)12(9-20)8-10-4-6-11(7-5-10)17(22)23/h1-8H,(H,22,23). The fourth-order valence-corrected chi connectivity index (χ4v) is 2.46. The summed E-state index contributed by atoms with van der Waals surface area (Å²) >= 11 is 12.0. The third-order valence-corrected chi connectivity index (χ3v) is 3.65. The molecule has 4 nitrogen and oxygen atoms in total. The molecule has 0 saturated heterocycles. The third kappa shape index (κ3) is 3.78. The molecule has 23 heavy (non-hydrogen) atoms. The minimum atomic E-state index is -1.06. The van der Waals surface area contributed by atoms with Gasteiger partial charge >= 0.3 is 5.97 Å². The molecule has 0 spiro atoms. The maximum absolute atomic E-state index is 12.4. The molecule has 0 amide bonds. The lowest BCUT2D eigenvalue weighted by molar-refractivity contribution is 0.0696. The van der Waals surface area contributed by atoms with Gasteiger partial charge in [0.1, 0.15) is 11.6 Å². The number of rotatable bonds is 4. The molecule has 0 aromatic heterocycles. The Morgan fingerprint density at radius 1 is 1.04 bits per heavy atom. The number of hydrogen-bond acceptors (Lipinski definition) is 3. The number of Topliss-reactive ketones (excluding diaryl/α,β-unsaturated/α-hetero) is 1. The van der Waals surface area contributed by atoms with Crippen LogP contribution in [0.1, 0.15) is 26.3 Å². The zero-order chi connectivity index (χ0) is 17.0. The fourth-order valence-electron chi connectivity index (χ4n) is 1.89. The molecule has 0 aliphatic carbocycles. The van der Waals surface area contributed by atoms with Crippen LogP contribution in [0.2, 0.25) is 10.0 Å². The zero-order valence-electron chi connectivity index (χ0n) is 11.6. The molecule has 6 heteroatoms. The van der Waals surface area contributed by atoms with Crippen LogP contribution in [0.4, 0.5) is 0 Å². The highest BCUT2D eigenvalue weighted by Gasteiger charge is 2.18. The van der Waals surface area contributed by atoms with E-state index in [1.807, 2.05) is 6.07 Å². The Bertz CT molecular complexity index is 829. The van der Waals surface area contributed by atoms with E-state index in [2.05, 4.69) is 0 Å². The lowest BCUT2D eigenvalue weighted by Crippen LogP contribution is -2.04. The van der Waals surface area contributed by atoms with E-state index in [1.165, 1.54) is 42.5 Å². The number of carbonyl (C=O) groups is 2. The second-order valence-corrected chi connectivity index (χ2v) is 5.34. The zero-order valence-corrected chi connectivity index (χ0v) is 13.1. The van der Waals surface area contributed by atoms with E-state index in [0.29, 0.717) is 5.56 Å². The minimum absolute atomic E-state index is 0.0609. The molecule has 2 rings (SSSR count). The Balaban J connectivity index is 2.41. The van der Waals surface area contributed by atoms with Gasteiger partial charge in [-0.25, -0.2) is 4.79 Å². The van der Waals surface area contributed by atoms with Crippen LogP contribution in [0.15, 0.2) is 48.0 Å². The van der Waals surface area contributed by atoms with E-state index in [4.69, 9.17) is 28.3 Å². The molecule has 0 unspecified atom stereocenters. The number of aromatic carboxylic acids is 1. The van der Waals surface area contributed by atoms with Crippen molar-refractivity contribution in [2.75, 3.05) is 0 Å². The quantitative estimate of drug-likeness (QED) is 0.503. The molecule has 2 aromatic rings. The van der Waals surface area contributed by atoms with Gasteiger partial charge < -0.3 is 5.11 Å². The number of hydrogen-bond donors (Lipinski definition) is 1. The summed E-state index contributed by atoms with van der Waals surface area (Å²) in [6.45, 7) is 0. The lowest BCUT2D eigenvalue weighted by atomic mass is 10.0. The van der Waals surface area contributed by atoms with E-state index in [0.717, 1.165) is 0 Å². The first-order chi connectivity index (χ1) is 10.9. The largest absolute Gasteiger partial charge is 0.478 e. The second kappa shape index (κ2) is 7.10. The van der Waals surface area contributed by atoms with E-state index >= 15 is 0 Å². The minimum Gasteiger partial charge on any atom is -0.478 e. The van der Waals surface area contributed by atoms with E-state index in [9.17, 15) is 14.9 Å². The van der Waals surface area contributed by atoms with Gasteiger partial charge in [0.05, 0.1) is 21.2 Å². The van der Waals surface area contributed by atoms with Gasteiger partial charge in [-0.3, -0.25) is 4.79 Å². The summed E-state index contributed by atoms with van der Waals surface area (Å²) < 4.78 is 0. The van der Waals surface area contributed by atoms with Crippen LogP contribution in [-0.4, -0.2) is 16.9 Å². The summed E-state index contributed by atoms with van der Waals surface area (Å²) in [6.07, 6.45) is 1.35. The molecule has 0 bridgehead atoms. The highest BCUT2D eigenvalue weighted by Crippen LogP contribution is 2.27. The van der Waals surface area contributed by atoms with Crippen LogP contribution in [0.3, 0.4) is 0 Å². The SMILES string of the molecule is N#CC(=Cc1ccc(C(=O)O)cc1)C(=O)c1c(Cl)cccc1Cl. The summed E-state index contributed by atoms with van der Waals surface area (Å²) in [4.78, 5) is 23.3. The van der Waals surface area contributed by atoms with E-state index in [1.54, 1.807) is 6.07 Å². The van der Waals surface area contributed by atoms with Crippen molar-refractivity contribution in [3.8, 4) is 6.07 Å². The second-order valence-electron chi connectivity index (χ2n) is 4.52. The Labute approximate surface area is 142 Å². The number of halogens is 2. The van der Waals surface area contributed by atoms with Crippen LogP contribution < -0.4 is 0 Å². The van der Waals surface area contributed by atoms with Gasteiger partial charge in [0, 0.05) is 0 Å². The topological polar surface area (TPSA) is 78.2 Å². The van der Waals surface area contributed by atoms with E-state index < -0.39 is 11.8 Å². The Kier molecular flexibility index (Phi) is 5.17. The van der Waals surface area contributed by atoms with Crippen molar-refractivity contribution in [3.05, 3.63) is 74.8 Å². The van der Waals surface area contributed by atoms with E-state index in [-0.39, 0.29) is 26.7 Å². The normalized spacial score (nSPS) is 10.9. The summed E-state index contributed by atoms with van der Waals surface area (Å²) in [6, 6.07) is 12.2. The van der Waals surface area contributed by atoms with Crippen LogP contribution in [0.25, 0.3) is 6.08 Å². The average Bonchev–Trinajstić information content (AvgIpc) is 2.52. The molecule has 0 atom stereocenters. The van der Waals surface area contributed by atoms with Gasteiger partial charge in [-0.15, -0.1) is 0 Å². The molecule has 0 heterocycles. The Morgan fingerprint density at radius 3 is 2.09 bits per heavy atom. The Hall–Kier alpha value is -2.61. The van der Waals surface area contributed by atoms with Crippen molar-refractivity contribution >= 4 is 41.0 Å². The summed E-state index contributed by atoms with van der Waals surface area (Å²) in [5.74, 6) is -1.65. The maximum Gasteiger partial charge on any atom is 0.335 e. The first kappa shape index (κ1) is 16.8. The molecule has 1 N–H and O–H groups in total. The number of nitriles is 1. The molecule has 0 radical (unpaired) electrons. The number of allylic oxidation sites excluding steroid dienone is 1. The first-order valence-corrected chi connectivity index (χ1v) is 7.13. The highest BCUT2D eigenvalue weighted by atomic mass is 35.5. The highest BCUT2D eigenvalue weighted by molar-refractivity contribution is 6.41. The van der Waals surface area contributed by atoms with Crippen molar-refractivity contribution in [1.82, 2.24) is 0 Å². The summed E-state index contributed by atoms with van der Waals surface area (Å²) in [5, 5.41) is 18.4. The van der Waals surface area contributed by atoms with Crippen LogP contribution >= 0.6 is 23.2 Å². The molecule has 0 saturated carbocycles. The van der Waals surface area contributed by atoms with Crippen molar-refractivity contribution in [3.63, 3.8) is 0 Å². The fraction of sp³-hybridized carbons (Fsp3) is 0. The van der Waals surface area contributed by atoms with Gasteiger partial charge in [-0.2, -0.15) is 5.26 Å². The predicted octanol–water partition coefficient (Wildman–Crippen LogP) is 4.48. The number of benzene rings is 2. The van der Waals surface area contributed by atoms with Crippen molar-refractivity contribution < 1.29 is 14.7 Å². The lowest BCUT2D eigenvalue weighted by Gasteiger charge is -2.05. The van der Waals surface area contributed by atoms with Crippen molar-refractivity contribution in [2.24, 2.45) is 0 Å². The van der Waals surface area contributed by atoms with Gasteiger partial charge in [-0.05, 0) is 35.9 Å². The van der Waals surface area contributed by atoms with Gasteiger partial charge in [0.15, 0.2) is 0 Å². The van der Waals surface area contributed by atoms with Crippen molar-refractivity contribution in [2.45, 2.75) is 0 Å². The molecule has 114 valence electrons.